The number of amides is 2. The number of fused-ring (bicyclic) bond motifs is 1. The van der Waals surface area contributed by atoms with E-state index in [1.165, 1.54) is 0 Å². The predicted molar refractivity (Wildman–Crippen MR) is 124 cm³/mol. The summed E-state index contributed by atoms with van der Waals surface area (Å²) in [5.74, 6) is 0.620. The highest BCUT2D eigenvalue weighted by Gasteiger charge is 2.34. The number of piperidine rings is 1. The number of carbonyl (C=O) groups is 2. The molecular formula is C25H26N6O2. The predicted octanol–water partition coefficient (Wildman–Crippen LogP) is 3.05. The molecule has 8 heteroatoms. The standard InChI is InChI=1S/C25H26N6O2/c1-2-23-27-13-20(28-23)24(32)29-21-15-30(12-10-18(21)17-7-4-3-5-8-17)25(33)19-9-6-11-31-16-26-14-22(19)31/h3-9,11,13-14,16,18,21H,2,10,12,15H2,1H3,(H,27,28)(H,29,32)/t18-,21+/m0/s1. The van der Waals surface area contributed by atoms with E-state index < -0.39 is 0 Å². The van der Waals surface area contributed by atoms with Crippen LogP contribution in [0, 0.1) is 0 Å². The largest absolute Gasteiger partial charge is 0.346 e. The second kappa shape index (κ2) is 8.90. The Morgan fingerprint density at radius 1 is 1.15 bits per heavy atom. The summed E-state index contributed by atoms with van der Waals surface area (Å²) in [6.45, 7) is 3.02. The fourth-order valence-corrected chi connectivity index (χ4v) is 4.59. The second-order valence-corrected chi connectivity index (χ2v) is 8.34. The van der Waals surface area contributed by atoms with Crippen molar-refractivity contribution in [3.63, 3.8) is 0 Å². The molecule has 4 aromatic rings. The van der Waals surface area contributed by atoms with E-state index in [9.17, 15) is 9.59 Å². The van der Waals surface area contributed by atoms with E-state index in [0.29, 0.717) is 24.3 Å². The molecule has 3 aromatic heterocycles. The van der Waals surface area contributed by atoms with Gasteiger partial charge in [-0.3, -0.25) is 9.59 Å². The van der Waals surface area contributed by atoms with Crippen molar-refractivity contribution in [1.29, 1.82) is 0 Å². The minimum atomic E-state index is -0.226. The molecule has 1 aliphatic rings. The summed E-state index contributed by atoms with van der Waals surface area (Å²) >= 11 is 0. The first-order valence-electron chi connectivity index (χ1n) is 11.2. The fraction of sp³-hybridized carbons (Fsp3) is 0.280. The van der Waals surface area contributed by atoms with Crippen LogP contribution in [0.3, 0.4) is 0 Å². The maximum absolute atomic E-state index is 13.5. The van der Waals surface area contributed by atoms with E-state index in [0.717, 1.165) is 29.7 Å². The lowest BCUT2D eigenvalue weighted by atomic mass is 9.85. The molecule has 168 valence electrons. The lowest BCUT2D eigenvalue weighted by Crippen LogP contribution is -2.53. The molecule has 1 aliphatic heterocycles. The van der Waals surface area contributed by atoms with Gasteiger partial charge < -0.3 is 19.6 Å². The number of nitrogens with zero attached hydrogens (tertiary/aromatic N) is 4. The number of rotatable bonds is 5. The molecular weight excluding hydrogens is 416 g/mol. The van der Waals surface area contributed by atoms with Gasteiger partial charge in [-0.25, -0.2) is 9.97 Å². The lowest BCUT2D eigenvalue weighted by Gasteiger charge is -2.39. The molecule has 0 spiro atoms. The molecule has 2 atom stereocenters. The first-order valence-corrected chi connectivity index (χ1v) is 11.2. The summed E-state index contributed by atoms with van der Waals surface area (Å²) in [5.41, 5.74) is 2.98. The molecule has 0 aliphatic carbocycles. The number of benzene rings is 1. The smallest absolute Gasteiger partial charge is 0.269 e. The summed E-state index contributed by atoms with van der Waals surface area (Å²) in [6, 6.07) is 13.6. The average Bonchev–Trinajstić information content (AvgIpc) is 3.53. The van der Waals surface area contributed by atoms with Crippen LogP contribution in [0.5, 0.6) is 0 Å². The molecule has 5 rings (SSSR count). The molecule has 0 bridgehead atoms. The van der Waals surface area contributed by atoms with Crippen LogP contribution in [0.2, 0.25) is 0 Å². The highest BCUT2D eigenvalue weighted by atomic mass is 16.2. The molecule has 33 heavy (non-hydrogen) atoms. The summed E-state index contributed by atoms with van der Waals surface area (Å²) in [5, 5.41) is 3.17. The number of hydrogen-bond acceptors (Lipinski definition) is 4. The summed E-state index contributed by atoms with van der Waals surface area (Å²) in [6.07, 6.45) is 8.31. The average molecular weight is 443 g/mol. The normalized spacial score (nSPS) is 18.4. The molecule has 0 unspecified atom stereocenters. The van der Waals surface area contributed by atoms with Crippen molar-refractivity contribution >= 4 is 17.3 Å². The topological polar surface area (TPSA) is 95.4 Å². The number of imidazole rings is 2. The monoisotopic (exact) mass is 442 g/mol. The van der Waals surface area contributed by atoms with Gasteiger partial charge in [0.1, 0.15) is 11.5 Å². The van der Waals surface area contributed by atoms with E-state index in [4.69, 9.17) is 0 Å². The molecule has 4 heterocycles. The SMILES string of the molecule is CCc1ncc(C(=O)N[C@@H]2CN(C(=O)c3cccn4cncc34)CC[C@H]2c2ccccc2)[nH]1. The van der Waals surface area contributed by atoms with Crippen molar-refractivity contribution in [1.82, 2.24) is 29.6 Å². The Balaban J connectivity index is 1.41. The van der Waals surface area contributed by atoms with Crippen LogP contribution in [0.15, 0.2) is 67.4 Å². The molecule has 8 nitrogen and oxygen atoms in total. The number of H-pyrrole nitrogens is 1. The number of aromatic amines is 1. The van der Waals surface area contributed by atoms with Gasteiger partial charge in [-0.05, 0) is 24.1 Å². The highest BCUT2D eigenvalue weighted by molar-refractivity contribution is 6.00. The van der Waals surface area contributed by atoms with E-state index in [1.807, 2.05) is 52.8 Å². The Labute approximate surface area is 191 Å². The molecule has 2 amide bonds. The maximum Gasteiger partial charge on any atom is 0.269 e. The number of likely N-dealkylation sites (tertiary alicyclic amines) is 1. The Morgan fingerprint density at radius 2 is 2.00 bits per heavy atom. The van der Waals surface area contributed by atoms with Crippen LogP contribution in [0.1, 0.15) is 51.5 Å². The molecule has 1 fully saturated rings. The lowest BCUT2D eigenvalue weighted by molar-refractivity contribution is 0.0656. The maximum atomic E-state index is 13.5. The van der Waals surface area contributed by atoms with Crippen LogP contribution in [-0.2, 0) is 6.42 Å². The van der Waals surface area contributed by atoms with Crippen molar-refractivity contribution in [2.75, 3.05) is 13.1 Å². The van der Waals surface area contributed by atoms with Crippen LogP contribution in [0.4, 0.5) is 0 Å². The van der Waals surface area contributed by atoms with Crippen LogP contribution >= 0.6 is 0 Å². The molecule has 2 N–H and O–H groups in total. The number of carbonyl (C=O) groups excluding carboxylic acids is 2. The van der Waals surface area contributed by atoms with E-state index in [2.05, 4.69) is 32.4 Å². The quantitative estimate of drug-likeness (QED) is 0.497. The van der Waals surface area contributed by atoms with Crippen LogP contribution in [0.25, 0.3) is 5.52 Å². The van der Waals surface area contributed by atoms with E-state index in [-0.39, 0.29) is 23.8 Å². The van der Waals surface area contributed by atoms with Gasteiger partial charge in [0.15, 0.2) is 0 Å². The minimum Gasteiger partial charge on any atom is -0.346 e. The fourth-order valence-electron chi connectivity index (χ4n) is 4.59. The van der Waals surface area contributed by atoms with Crippen molar-refractivity contribution in [2.24, 2.45) is 0 Å². The number of aryl methyl sites for hydroxylation is 1. The van der Waals surface area contributed by atoms with Gasteiger partial charge in [0.25, 0.3) is 11.8 Å². The Hall–Kier alpha value is -3.94. The zero-order chi connectivity index (χ0) is 22.8. The third-order valence-electron chi connectivity index (χ3n) is 6.33. The van der Waals surface area contributed by atoms with Crippen molar-refractivity contribution < 1.29 is 9.59 Å². The van der Waals surface area contributed by atoms with Crippen LogP contribution < -0.4 is 5.32 Å². The second-order valence-electron chi connectivity index (χ2n) is 8.34. The number of aromatic nitrogens is 4. The van der Waals surface area contributed by atoms with Gasteiger partial charge in [-0.15, -0.1) is 0 Å². The summed E-state index contributed by atoms with van der Waals surface area (Å²) in [4.78, 5) is 39.8. The molecule has 1 saturated heterocycles. The first-order chi connectivity index (χ1) is 16.1. The summed E-state index contributed by atoms with van der Waals surface area (Å²) < 4.78 is 1.84. The highest BCUT2D eigenvalue weighted by Crippen LogP contribution is 2.30. The van der Waals surface area contributed by atoms with Crippen molar-refractivity contribution in [3.05, 3.63) is 90.0 Å². The third-order valence-corrected chi connectivity index (χ3v) is 6.33. The Morgan fingerprint density at radius 3 is 2.79 bits per heavy atom. The van der Waals surface area contributed by atoms with Gasteiger partial charge in [0.2, 0.25) is 0 Å². The van der Waals surface area contributed by atoms with Crippen molar-refractivity contribution in [3.8, 4) is 0 Å². The molecule has 0 saturated carbocycles. The van der Waals surface area contributed by atoms with Gasteiger partial charge >= 0.3 is 0 Å². The van der Waals surface area contributed by atoms with E-state index in [1.54, 1.807) is 18.7 Å². The van der Waals surface area contributed by atoms with Gasteiger partial charge in [-0.2, -0.15) is 0 Å². The minimum absolute atomic E-state index is 0.0540. The van der Waals surface area contributed by atoms with Crippen molar-refractivity contribution in [2.45, 2.75) is 31.7 Å². The zero-order valence-electron chi connectivity index (χ0n) is 18.4. The number of pyridine rings is 1. The third kappa shape index (κ3) is 4.11. The number of nitrogens with one attached hydrogen (secondary N) is 2. The Kier molecular flexibility index (Phi) is 5.64. The number of hydrogen-bond donors (Lipinski definition) is 2. The molecule has 0 radical (unpaired) electrons. The molecule has 1 aromatic carbocycles. The van der Waals surface area contributed by atoms with Gasteiger partial charge in [-0.1, -0.05) is 37.3 Å². The summed E-state index contributed by atoms with van der Waals surface area (Å²) in [7, 11) is 0. The van der Waals surface area contributed by atoms with E-state index >= 15 is 0 Å². The zero-order valence-corrected chi connectivity index (χ0v) is 18.4. The Bertz CT molecular complexity index is 1280. The van der Waals surface area contributed by atoms with Crippen LogP contribution in [-0.4, -0.2) is 55.2 Å². The first kappa shape index (κ1) is 20.9. The van der Waals surface area contributed by atoms with Gasteiger partial charge in [0.05, 0.1) is 35.8 Å². The van der Waals surface area contributed by atoms with Gasteiger partial charge in [0, 0.05) is 31.6 Å².